The van der Waals surface area contributed by atoms with Crippen molar-refractivity contribution in [1.29, 1.82) is 0 Å². The van der Waals surface area contributed by atoms with E-state index in [1.807, 2.05) is 0 Å². The summed E-state index contributed by atoms with van der Waals surface area (Å²) in [5, 5.41) is 23.2. The molecule has 1 aliphatic rings. The predicted molar refractivity (Wildman–Crippen MR) is 62.7 cm³/mol. The molecule has 0 bridgehead atoms. The molecule has 1 fully saturated rings. The van der Waals surface area contributed by atoms with E-state index in [0.717, 1.165) is 19.3 Å². The van der Waals surface area contributed by atoms with Crippen LogP contribution in [-0.4, -0.2) is 27.7 Å². The Labute approximate surface area is 98.8 Å². The number of aromatic nitrogens is 1. The second-order valence-electron chi connectivity index (χ2n) is 4.35. The van der Waals surface area contributed by atoms with E-state index in [1.165, 1.54) is 6.20 Å². The number of hydrogen-bond acceptors (Lipinski definition) is 5. The minimum absolute atomic E-state index is 0.147. The molecule has 2 N–H and O–H groups in total. The van der Waals surface area contributed by atoms with Crippen LogP contribution in [0.3, 0.4) is 0 Å². The molecule has 6 heteroatoms. The van der Waals surface area contributed by atoms with Gasteiger partial charge in [-0.15, -0.1) is 0 Å². The summed E-state index contributed by atoms with van der Waals surface area (Å²) in [6.45, 7) is 0.642. The van der Waals surface area contributed by atoms with Gasteiger partial charge in [0.2, 0.25) is 0 Å². The molecule has 17 heavy (non-hydrogen) atoms. The van der Waals surface area contributed by atoms with Gasteiger partial charge in [0.05, 0.1) is 6.10 Å². The molecule has 0 spiro atoms. The van der Waals surface area contributed by atoms with E-state index in [4.69, 9.17) is 0 Å². The van der Waals surface area contributed by atoms with Gasteiger partial charge in [0.25, 0.3) is 0 Å². The third kappa shape index (κ3) is 2.91. The summed E-state index contributed by atoms with van der Waals surface area (Å²) < 4.78 is 0. The Morgan fingerprint density at radius 1 is 1.59 bits per heavy atom. The summed E-state index contributed by atoms with van der Waals surface area (Å²) in [7, 11) is 0. The van der Waals surface area contributed by atoms with Gasteiger partial charge in [-0.05, 0) is 47.2 Å². The number of rotatable bonds is 4. The third-order valence-corrected chi connectivity index (χ3v) is 3.05. The Balaban J connectivity index is 1.97. The van der Waals surface area contributed by atoms with Crippen molar-refractivity contribution in [1.82, 2.24) is 4.98 Å². The van der Waals surface area contributed by atoms with E-state index in [-0.39, 0.29) is 11.9 Å². The summed E-state index contributed by atoms with van der Waals surface area (Å²) in [6.07, 6.45) is 3.73. The number of nitrogens with zero attached hydrogens (tertiary/aromatic N) is 2. The smallest absolute Gasteiger partial charge is 0.386 e. The lowest BCUT2D eigenvalue weighted by Crippen LogP contribution is -2.13. The molecule has 1 saturated carbocycles. The molecule has 1 aliphatic carbocycles. The quantitative estimate of drug-likeness (QED) is 0.612. The van der Waals surface area contributed by atoms with Crippen molar-refractivity contribution in [2.75, 3.05) is 11.9 Å². The molecule has 0 amide bonds. The summed E-state index contributed by atoms with van der Waals surface area (Å²) in [5.74, 6) is 0.232. The molecule has 0 aromatic carbocycles. The molecule has 0 aliphatic heterocycles. The Bertz CT molecular complexity index is 411. The summed E-state index contributed by atoms with van der Waals surface area (Å²) >= 11 is 0. The second kappa shape index (κ2) is 5.09. The third-order valence-electron chi connectivity index (χ3n) is 3.05. The number of aliphatic hydroxyl groups excluding tert-OH is 1. The molecule has 92 valence electrons. The monoisotopic (exact) mass is 237 g/mol. The molecule has 1 aromatic heterocycles. The zero-order chi connectivity index (χ0) is 12.3. The summed E-state index contributed by atoms with van der Waals surface area (Å²) in [5.41, 5.74) is 0.443. The van der Waals surface area contributed by atoms with Crippen LogP contribution in [0.25, 0.3) is 0 Å². The van der Waals surface area contributed by atoms with Gasteiger partial charge in [-0.25, -0.2) is 0 Å². The molecular weight excluding hydrogens is 222 g/mol. The molecule has 2 atom stereocenters. The molecule has 1 heterocycles. The van der Waals surface area contributed by atoms with Crippen molar-refractivity contribution >= 4 is 11.5 Å². The lowest BCUT2D eigenvalue weighted by Gasteiger charge is -2.11. The second-order valence-corrected chi connectivity index (χ2v) is 4.35. The van der Waals surface area contributed by atoms with Crippen LogP contribution in [0.1, 0.15) is 19.3 Å². The lowest BCUT2D eigenvalue weighted by molar-refractivity contribution is -0.388. The fourth-order valence-corrected chi connectivity index (χ4v) is 2.17. The van der Waals surface area contributed by atoms with Crippen molar-refractivity contribution in [3.05, 3.63) is 28.4 Å². The van der Waals surface area contributed by atoms with Crippen LogP contribution in [0.5, 0.6) is 0 Å². The predicted octanol–water partition coefficient (Wildman–Crippen LogP) is 1.56. The highest BCUT2D eigenvalue weighted by atomic mass is 16.6. The number of hydrogen-bond donors (Lipinski definition) is 2. The number of nitrogens with one attached hydrogen (secondary N) is 1. The normalized spacial score (nSPS) is 23.6. The first-order valence-electron chi connectivity index (χ1n) is 5.68. The Morgan fingerprint density at radius 3 is 3.06 bits per heavy atom. The minimum atomic E-state index is -0.494. The molecule has 2 rings (SSSR count). The first-order chi connectivity index (χ1) is 8.16. The molecular formula is C11H15N3O3. The van der Waals surface area contributed by atoms with Gasteiger partial charge in [-0.1, -0.05) is 0 Å². The van der Waals surface area contributed by atoms with Gasteiger partial charge >= 0.3 is 5.82 Å². The molecule has 2 unspecified atom stereocenters. The lowest BCUT2D eigenvalue weighted by atomic mass is 10.1. The van der Waals surface area contributed by atoms with E-state index >= 15 is 0 Å². The van der Waals surface area contributed by atoms with Gasteiger partial charge in [0.1, 0.15) is 11.9 Å². The van der Waals surface area contributed by atoms with E-state index in [2.05, 4.69) is 10.3 Å². The van der Waals surface area contributed by atoms with Crippen molar-refractivity contribution in [3.8, 4) is 0 Å². The van der Waals surface area contributed by atoms with Crippen LogP contribution >= 0.6 is 0 Å². The van der Waals surface area contributed by atoms with Crippen molar-refractivity contribution in [2.24, 2.45) is 5.92 Å². The van der Waals surface area contributed by atoms with Crippen LogP contribution in [0.4, 0.5) is 11.5 Å². The minimum Gasteiger partial charge on any atom is -0.393 e. The zero-order valence-corrected chi connectivity index (χ0v) is 9.37. The van der Waals surface area contributed by atoms with Crippen LogP contribution in [0.15, 0.2) is 18.3 Å². The van der Waals surface area contributed by atoms with Crippen molar-refractivity contribution in [2.45, 2.75) is 25.4 Å². The Morgan fingerprint density at radius 2 is 2.41 bits per heavy atom. The van der Waals surface area contributed by atoms with E-state index in [1.54, 1.807) is 12.1 Å². The first kappa shape index (κ1) is 11.8. The molecule has 0 radical (unpaired) electrons. The van der Waals surface area contributed by atoms with Gasteiger partial charge in [0.15, 0.2) is 0 Å². The van der Waals surface area contributed by atoms with Crippen LogP contribution in [0.2, 0.25) is 0 Å². The Hall–Kier alpha value is -1.69. The van der Waals surface area contributed by atoms with Gasteiger partial charge in [-0.2, -0.15) is 0 Å². The SMILES string of the molecule is O=[N+]([O-])c1ncccc1NCC1CCC(O)C1. The summed E-state index contributed by atoms with van der Waals surface area (Å²) in [4.78, 5) is 14.0. The molecule has 0 saturated heterocycles. The highest BCUT2D eigenvalue weighted by Gasteiger charge is 2.23. The van der Waals surface area contributed by atoms with E-state index in [0.29, 0.717) is 18.2 Å². The number of anilines is 1. The van der Waals surface area contributed by atoms with Gasteiger partial charge in [-0.3, -0.25) is 0 Å². The van der Waals surface area contributed by atoms with Crippen LogP contribution in [-0.2, 0) is 0 Å². The standard InChI is InChI=1S/C11H15N3O3/c15-9-4-3-8(6-9)7-13-10-2-1-5-12-11(10)14(16)17/h1-2,5,8-9,13,15H,3-4,6-7H2. The number of aliphatic hydroxyl groups is 1. The zero-order valence-electron chi connectivity index (χ0n) is 9.37. The highest BCUT2D eigenvalue weighted by Crippen LogP contribution is 2.27. The maximum atomic E-state index is 10.7. The first-order valence-corrected chi connectivity index (χ1v) is 5.68. The molecule has 1 aromatic rings. The maximum Gasteiger partial charge on any atom is 0.386 e. The van der Waals surface area contributed by atoms with E-state index in [9.17, 15) is 15.2 Å². The molecule has 6 nitrogen and oxygen atoms in total. The number of nitro groups is 1. The fourth-order valence-electron chi connectivity index (χ4n) is 2.17. The van der Waals surface area contributed by atoms with Gasteiger partial charge in [0, 0.05) is 6.54 Å². The maximum absolute atomic E-state index is 10.7. The van der Waals surface area contributed by atoms with E-state index < -0.39 is 4.92 Å². The van der Waals surface area contributed by atoms with Crippen LogP contribution < -0.4 is 5.32 Å². The van der Waals surface area contributed by atoms with Crippen molar-refractivity contribution in [3.63, 3.8) is 0 Å². The largest absolute Gasteiger partial charge is 0.393 e. The van der Waals surface area contributed by atoms with Crippen LogP contribution in [0, 0.1) is 16.0 Å². The Kier molecular flexibility index (Phi) is 3.53. The highest BCUT2D eigenvalue weighted by molar-refractivity contribution is 5.56. The topological polar surface area (TPSA) is 88.3 Å². The van der Waals surface area contributed by atoms with Gasteiger partial charge < -0.3 is 20.5 Å². The average molecular weight is 237 g/mol. The summed E-state index contributed by atoms with van der Waals surface area (Å²) in [6, 6.07) is 3.31. The average Bonchev–Trinajstić information content (AvgIpc) is 2.73. The number of pyridine rings is 1. The van der Waals surface area contributed by atoms with Crippen molar-refractivity contribution < 1.29 is 10.0 Å². The fraction of sp³-hybridized carbons (Fsp3) is 0.545.